The largest absolute Gasteiger partial charge is 0.385 e. The number of para-hydroxylation sites is 2. The summed E-state index contributed by atoms with van der Waals surface area (Å²) in [7, 11) is -3.83. The third-order valence-corrected chi connectivity index (χ3v) is 11.0. The molecule has 1 aliphatic carbocycles. The molecule has 2 unspecified atom stereocenters. The van der Waals surface area contributed by atoms with Gasteiger partial charge in [-0.2, -0.15) is 0 Å². The number of nitrogens with zero attached hydrogens (tertiary/aromatic N) is 3. The third-order valence-electron chi connectivity index (χ3n) is 8.97. The van der Waals surface area contributed by atoms with E-state index in [1.807, 2.05) is 28.8 Å². The van der Waals surface area contributed by atoms with Crippen molar-refractivity contribution in [2.24, 2.45) is 5.92 Å². The first-order chi connectivity index (χ1) is 18.0. The van der Waals surface area contributed by atoms with E-state index in [4.69, 9.17) is 9.05 Å². The topological polar surface area (TPSA) is 73.7 Å². The molecule has 37 heavy (non-hydrogen) atoms. The molecular weight excluding hydrogens is 485 g/mol. The van der Waals surface area contributed by atoms with Gasteiger partial charge in [0.05, 0.1) is 24.2 Å². The molecule has 3 heterocycles. The highest BCUT2D eigenvalue weighted by Crippen LogP contribution is 2.47. The fourth-order valence-electron chi connectivity index (χ4n) is 7.34. The van der Waals surface area contributed by atoms with Gasteiger partial charge in [-0.15, -0.1) is 0 Å². The van der Waals surface area contributed by atoms with Crippen molar-refractivity contribution in [1.82, 2.24) is 14.5 Å². The second-order valence-electron chi connectivity index (χ2n) is 11.3. The highest BCUT2D eigenvalue weighted by atomic mass is 31.2. The fraction of sp³-hybridized carbons (Fsp3) is 0.724. The highest BCUT2D eigenvalue weighted by Gasteiger charge is 2.46. The Morgan fingerprint density at radius 3 is 2.27 bits per heavy atom. The molecule has 2 saturated heterocycles. The van der Waals surface area contributed by atoms with Crippen LogP contribution in [0.3, 0.4) is 0 Å². The minimum Gasteiger partial charge on any atom is -0.304 e. The molecule has 0 spiro atoms. The fourth-order valence-corrected chi connectivity index (χ4v) is 8.91. The summed E-state index contributed by atoms with van der Waals surface area (Å²) in [6.07, 6.45) is 13.7. The lowest BCUT2D eigenvalue weighted by molar-refractivity contribution is -0.0498. The van der Waals surface area contributed by atoms with E-state index in [9.17, 15) is 9.36 Å². The van der Waals surface area contributed by atoms with Gasteiger partial charge in [0, 0.05) is 24.2 Å². The predicted octanol–water partition coefficient (Wildman–Crippen LogP) is 6.20. The van der Waals surface area contributed by atoms with Crippen LogP contribution in [0.25, 0.3) is 11.0 Å². The molecule has 8 heteroatoms. The number of rotatable bonds is 7. The van der Waals surface area contributed by atoms with Crippen LogP contribution in [0.2, 0.25) is 0 Å². The van der Waals surface area contributed by atoms with E-state index in [0.717, 1.165) is 18.4 Å². The van der Waals surface area contributed by atoms with Gasteiger partial charge in [0.2, 0.25) is 5.44 Å². The Balaban J connectivity index is 1.56. The lowest BCUT2D eigenvalue weighted by Gasteiger charge is -2.55. The van der Waals surface area contributed by atoms with Crippen LogP contribution in [-0.4, -0.2) is 45.8 Å². The Hall–Kier alpha value is -1.53. The maximum absolute atomic E-state index is 14.1. The lowest BCUT2D eigenvalue weighted by Crippen LogP contribution is -2.60. The highest BCUT2D eigenvalue weighted by molar-refractivity contribution is 7.61. The molecule has 1 aromatic carbocycles. The van der Waals surface area contributed by atoms with Crippen molar-refractivity contribution in [3.8, 4) is 0 Å². The van der Waals surface area contributed by atoms with Crippen LogP contribution < -0.4 is 11.0 Å². The summed E-state index contributed by atoms with van der Waals surface area (Å²) >= 11 is 0. The zero-order valence-corrected chi connectivity index (χ0v) is 23.7. The van der Waals surface area contributed by atoms with E-state index in [-0.39, 0.29) is 30.2 Å². The zero-order valence-electron chi connectivity index (χ0n) is 22.8. The molecule has 3 fully saturated rings. The van der Waals surface area contributed by atoms with Crippen LogP contribution in [0.5, 0.6) is 0 Å². The maximum atomic E-state index is 14.1. The Kier molecular flexibility index (Phi) is 8.55. The van der Waals surface area contributed by atoms with Gasteiger partial charge in [0.1, 0.15) is 0 Å². The minimum absolute atomic E-state index is 0.0402. The lowest BCUT2D eigenvalue weighted by atomic mass is 9.74. The van der Waals surface area contributed by atoms with Gasteiger partial charge in [0.15, 0.2) is 0 Å². The molecule has 2 bridgehead atoms. The summed E-state index contributed by atoms with van der Waals surface area (Å²) < 4.78 is 26.8. The van der Waals surface area contributed by atoms with Gasteiger partial charge in [-0.3, -0.25) is 14.3 Å². The molecule has 1 aromatic heterocycles. The first kappa shape index (κ1) is 27.1. The van der Waals surface area contributed by atoms with Crippen LogP contribution >= 0.6 is 7.60 Å². The van der Waals surface area contributed by atoms with Crippen molar-refractivity contribution in [2.45, 2.75) is 116 Å². The summed E-state index contributed by atoms with van der Waals surface area (Å²) in [6.45, 7) is 6.30. The van der Waals surface area contributed by atoms with Gasteiger partial charge < -0.3 is 13.6 Å². The monoisotopic (exact) mass is 529 g/mol. The Labute approximate surface area is 221 Å². The molecule has 5 rings (SSSR count). The predicted molar refractivity (Wildman–Crippen MR) is 149 cm³/mol. The summed E-state index contributed by atoms with van der Waals surface area (Å²) in [5.41, 5.74) is 1.08. The summed E-state index contributed by atoms with van der Waals surface area (Å²) in [4.78, 5) is 21.6. The van der Waals surface area contributed by atoms with Crippen molar-refractivity contribution >= 4 is 24.1 Å². The van der Waals surface area contributed by atoms with E-state index in [0.29, 0.717) is 29.6 Å². The molecule has 0 radical (unpaired) electrons. The first-order valence-corrected chi connectivity index (χ1v) is 16.2. The quantitative estimate of drug-likeness (QED) is 0.398. The van der Waals surface area contributed by atoms with E-state index in [2.05, 4.69) is 16.8 Å². The number of aromatic nitrogens is 2. The molecule has 4 atom stereocenters. The zero-order chi connectivity index (χ0) is 26.0. The number of piperidine rings is 2. The van der Waals surface area contributed by atoms with Crippen LogP contribution in [0.4, 0.5) is 0 Å². The van der Waals surface area contributed by atoms with E-state index >= 15 is 0 Å². The SMILES string of the molecule is CCOP(=O)(OCC)c1nc2ccccc2n([C@@H]2CC3C(C)CC[C@H](C2)N3C2CCCCCCC2)c1=O. The maximum Gasteiger partial charge on any atom is 0.385 e. The first-order valence-electron chi connectivity index (χ1n) is 14.6. The Morgan fingerprint density at radius 1 is 0.892 bits per heavy atom. The van der Waals surface area contributed by atoms with E-state index < -0.39 is 7.60 Å². The molecule has 0 amide bonds. The van der Waals surface area contributed by atoms with E-state index in [1.54, 1.807) is 13.8 Å². The second-order valence-corrected chi connectivity index (χ2v) is 13.2. The summed E-state index contributed by atoms with van der Waals surface area (Å²) in [6, 6.07) is 9.39. The van der Waals surface area contributed by atoms with Crippen LogP contribution in [-0.2, 0) is 13.6 Å². The molecule has 3 aliphatic rings. The van der Waals surface area contributed by atoms with Gasteiger partial charge >= 0.3 is 7.60 Å². The van der Waals surface area contributed by atoms with E-state index in [1.165, 1.54) is 57.8 Å². The van der Waals surface area contributed by atoms with Crippen molar-refractivity contribution in [2.75, 3.05) is 13.2 Å². The standard InChI is InChI=1S/C29H44N3O4P/c1-4-35-37(34,36-5-2)28-29(33)32(26-16-12-11-15-25(26)30-28)24-19-23-18-17-21(3)27(20-24)31(23)22-13-9-7-6-8-10-14-22/h11-12,15-16,21-24,27H,4-10,13-14,17-20H2,1-3H3/t21?,23-,24+,27?/m1/s1. The summed E-state index contributed by atoms with van der Waals surface area (Å²) in [5, 5.41) is 0. The Bertz CT molecular complexity index is 1170. The smallest absolute Gasteiger partial charge is 0.304 e. The number of fused-ring (bicyclic) bond motifs is 3. The molecule has 1 saturated carbocycles. The normalized spacial score (nSPS) is 28.2. The van der Waals surface area contributed by atoms with Gasteiger partial charge in [0.25, 0.3) is 5.56 Å². The van der Waals surface area contributed by atoms with Gasteiger partial charge in [-0.05, 0) is 70.4 Å². The van der Waals surface area contributed by atoms with Crippen molar-refractivity contribution < 1.29 is 13.6 Å². The molecule has 7 nitrogen and oxygen atoms in total. The number of hydrogen-bond acceptors (Lipinski definition) is 6. The third kappa shape index (κ3) is 5.34. The van der Waals surface area contributed by atoms with Gasteiger partial charge in [-0.25, -0.2) is 4.98 Å². The molecule has 0 N–H and O–H groups in total. The minimum atomic E-state index is -3.83. The second kappa shape index (κ2) is 11.7. The molecular formula is C29H44N3O4P. The van der Waals surface area contributed by atoms with Crippen molar-refractivity contribution in [3.05, 3.63) is 34.6 Å². The van der Waals surface area contributed by atoms with Crippen LogP contribution in [0.1, 0.15) is 97.4 Å². The Morgan fingerprint density at radius 2 is 1.57 bits per heavy atom. The van der Waals surface area contributed by atoms with Crippen molar-refractivity contribution in [3.63, 3.8) is 0 Å². The number of hydrogen-bond donors (Lipinski definition) is 0. The average Bonchev–Trinajstić information content (AvgIpc) is 2.86. The number of benzene rings is 1. The van der Waals surface area contributed by atoms with Crippen LogP contribution in [0.15, 0.2) is 29.1 Å². The van der Waals surface area contributed by atoms with Crippen molar-refractivity contribution in [1.29, 1.82) is 0 Å². The molecule has 2 aliphatic heterocycles. The van der Waals surface area contributed by atoms with Gasteiger partial charge in [-0.1, -0.05) is 51.2 Å². The van der Waals surface area contributed by atoms with Crippen LogP contribution in [0, 0.1) is 5.92 Å². The summed E-state index contributed by atoms with van der Waals surface area (Å²) in [5.74, 6) is 0.603. The molecule has 2 aromatic rings. The average molecular weight is 530 g/mol. The molecule has 204 valence electrons.